The standard InChI is InChI=1S/C15H17FN2O2/c1-19-12-5-3-4-10(8-12)15(18-17)13-9-11(16)6-7-14(13)20-2/h3-9,15,18H,17H2,1-2H3. The van der Waals surface area contributed by atoms with Crippen molar-refractivity contribution in [3.63, 3.8) is 0 Å². The van der Waals surface area contributed by atoms with Crippen LogP contribution >= 0.6 is 0 Å². The van der Waals surface area contributed by atoms with Crippen molar-refractivity contribution >= 4 is 0 Å². The summed E-state index contributed by atoms with van der Waals surface area (Å²) in [6.45, 7) is 0. The summed E-state index contributed by atoms with van der Waals surface area (Å²) in [4.78, 5) is 0. The van der Waals surface area contributed by atoms with E-state index in [-0.39, 0.29) is 5.82 Å². The normalized spacial score (nSPS) is 12.0. The zero-order valence-corrected chi connectivity index (χ0v) is 11.4. The SMILES string of the molecule is COc1cccc(C(NN)c2cc(F)ccc2OC)c1. The molecule has 20 heavy (non-hydrogen) atoms. The molecule has 3 N–H and O–H groups in total. The Bertz CT molecular complexity index is 590. The van der Waals surface area contributed by atoms with Gasteiger partial charge in [0.05, 0.1) is 20.3 Å². The molecule has 2 aromatic carbocycles. The third-order valence-corrected chi connectivity index (χ3v) is 3.10. The third-order valence-electron chi connectivity index (χ3n) is 3.10. The topological polar surface area (TPSA) is 56.5 Å². The summed E-state index contributed by atoms with van der Waals surface area (Å²) in [5.74, 6) is 6.56. The summed E-state index contributed by atoms with van der Waals surface area (Å²) < 4.78 is 24.0. The monoisotopic (exact) mass is 276 g/mol. The van der Waals surface area contributed by atoms with Gasteiger partial charge in [0.1, 0.15) is 17.3 Å². The van der Waals surface area contributed by atoms with Gasteiger partial charge in [0, 0.05) is 5.56 Å². The lowest BCUT2D eigenvalue weighted by Gasteiger charge is -2.20. The van der Waals surface area contributed by atoms with E-state index >= 15 is 0 Å². The summed E-state index contributed by atoms with van der Waals surface area (Å²) in [5, 5.41) is 0. The van der Waals surface area contributed by atoms with Crippen LogP contribution in [-0.2, 0) is 0 Å². The number of hydrazine groups is 1. The first kappa shape index (κ1) is 14.3. The highest BCUT2D eigenvalue weighted by Crippen LogP contribution is 2.31. The molecule has 4 nitrogen and oxygen atoms in total. The minimum atomic E-state index is -0.393. The minimum absolute atomic E-state index is 0.344. The van der Waals surface area contributed by atoms with Crippen LogP contribution in [0.4, 0.5) is 4.39 Å². The van der Waals surface area contributed by atoms with Gasteiger partial charge in [-0.05, 0) is 35.9 Å². The molecule has 5 heteroatoms. The Morgan fingerprint density at radius 1 is 1.10 bits per heavy atom. The minimum Gasteiger partial charge on any atom is -0.497 e. The zero-order valence-electron chi connectivity index (χ0n) is 11.4. The van der Waals surface area contributed by atoms with Crippen molar-refractivity contribution in [2.24, 2.45) is 5.84 Å². The van der Waals surface area contributed by atoms with Crippen LogP contribution in [0.1, 0.15) is 17.2 Å². The van der Waals surface area contributed by atoms with Crippen molar-refractivity contribution in [3.05, 3.63) is 59.4 Å². The van der Waals surface area contributed by atoms with E-state index in [2.05, 4.69) is 5.43 Å². The van der Waals surface area contributed by atoms with Gasteiger partial charge in [-0.3, -0.25) is 5.84 Å². The molecule has 0 spiro atoms. The van der Waals surface area contributed by atoms with E-state index in [9.17, 15) is 4.39 Å². The second-order valence-electron chi connectivity index (χ2n) is 4.26. The van der Waals surface area contributed by atoms with Crippen LogP contribution in [0.15, 0.2) is 42.5 Å². The van der Waals surface area contributed by atoms with Crippen molar-refractivity contribution in [2.45, 2.75) is 6.04 Å². The molecule has 0 bridgehead atoms. The first-order valence-corrected chi connectivity index (χ1v) is 6.13. The fraction of sp³-hybridized carbons (Fsp3) is 0.200. The maximum atomic E-state index is 13.5. The van der Waals surface area contributed by atoms with Crippen LogP contribution in [0.2, 0.25) is 0 Å². The molecule has 0 fully saturated rings. The molecule has 106 valence electrons. The second kappa shape index (κ2) is 6.36. The maximum Gasteiger partial charge on any atom is 0.124 e. The summed E-state index contributed by atoms with van der Waals surface area (Å²) in [6.07, 6.45) is 0. The number of hydrogen-bond donors (Lipinski definition) is 2. The molecular formula is C15H17FN2O2. The van der Waals surface area contributed by atoms with Gasteiger partial charge >= 0.3 is 0 Å². The summed E-state index contributed by atoms with van der Waals surface area (Å²) in [7, 11) is 3.13. The van der Waals surface area contributed by atoms with Crippen molar-refractivity contribution in [1.29, 1.82) is 0 Å². The van der Waals surface area contributed by atoms with E-state index in [4.69, 9.17) is 15.3 Å². The van der Waals surface area contributed by atoms with E-state index in [1.54, 1.807) is 13.2 Å². The van der Waals surface area contributed by atoms with Gasteiger partial charge in [0.2, 0.25) is 0 Å². The van der Waals surface area contributed by atoms with E-state index in [1.165, 1.54) is 19.2 Å². The highest BCUT2D eigenvalue weighted by atomic mass is 19.1. The summed E-state index contributed by atoms with van der Waals surface area (Å²) in [5.41, 5.74) is 4.17. The van der Waals surface area contributed by atoms with Crippen LogP contribution in [0, 0.1) is 5.82 Å². The first-order chi connectivity index (χ1) is 9.69. The summed E-state index contributed by atoms with van der Waals surface area (Å²) >= 11 is 0. The molecule has 2 rings (SSSR count). The lowest BCUT2D eigenvalue weighted by molar-refractivity contribution is 0.401. The molecule has 1 unspecified atom stereocenters. The zero-order chi connectivity index (χ0) is 14.5. The number of nitrogens with one attached hydrogen (secondary N) is 1. The van der Waals surface area contributed by atoms with Crippen LogP contribution in [-0.4, -0.2) is 14.2 Å². The fourth-order valence-electron chi connectivity index (χ4n) is 2.12. The quantitative estimate of drug-likeness (QED) is 0.650. The van der Waals surface area contributed by atoms with Crippen molar-refractivity contribution in [2.75, 3.05) is 14.2 Å². The van der Waals surface area contributed by atoms with E-state index in [0.29, 0.717) is 17.1 Å². The van der Waals surface area contributed by atoms with Gasteiger partial charge < -0.3 is 9.47 Å². The van der Waals surface area contributed by atoms with Gasteiger partial charge in [0.15, 0.2) is 0 Å². The number of rotatable bonds is 5. The smallest absolute Gasteiger partial charge is 0.124 e. The van der Waals surface area contributed by atoms with E-state index in [0.717, 1.165) is 5.56 Å². The van der Waals surface area contributed by atoms with E-state index in [1.807, 2.05) is 24.3 Å². The van der Waals surface area contributed by atoms with Crippen LogP contribution < -0.4 is 20.7 Å². The molecule has 1 atom stereocenters. The third kappa shape index (κ3) is 2.89. The lowest BCUT2D eigenvalue weighted by Crippen LogP contribution is -2.29. The Hall–Kier alpha value is -2.11. The number of methoxy groups -OCH3 is 2. The average molecular weight is 276 g/mol. The van der Waals surface area contributed by atoms with Crippen LogP contribution in [0.5, 0.6) is 11.5 Å². The van der Waals surface area contributed by atoms with Gasteiger partial charge in [-0.15, -0.1) is 0 Å². The molecule has 0 aliphatic rings. The highest BCUT2D eigenvalue weighted by molar-refractivity contribution is 5.43. The summed E-state index contributed by atoms with van der Waals surface area (Å²) in [6, 6.07) is 11.4. The molecule has 0 saturated heterocycles. The van der Waals surface area contributed by atoms with Crippen molar-refractivity contribution in [3.8, 4) is 11.5 Å². The fourth-order valence-corrected chi connectivity index (χ4v) is 2.12. The average Bonchev–Trinajstić information content (AvgIpc) is 2.48. The Morgan fingerprint density at radius 3 is 2.55 bits per heavy atom. The first-order valence-electron chi connectivity index (χ1n) is 6.13. The van der Waals surface area contributed by atoms with E-state index < -0.39 is 6.04 Å². The van der Waals surface area contributed by atoms with Crippen LogP contribution in [0.25, 0.3) is 0 Å². The Morgan fingerprint density at radius 2 is 1.90 bits per heavy atom. The van der Waals surface area contributed by atoms with Gasteiger partial charge in [0.25, 0.3) is 0 Å². The Kier molecular flexibility index (Phi) is 4.55. The number of nitrogens with two attached hydrogens (primary N) is 1. The maximum absolute atomic E-state index is 13.5. The molecule has 0 aromatic heterocycles. The predicted octanol–water partition coefficient (Wildman–Crippen LogP) is 2.40. The van der Waals surface area contributed by atoms with Crippen LogP contribution in [0.3, 0.4) is 0 Å². The highest BCUT2D eigenvalue weighted by Gasteiger charge is 2.18. The molecule has 0 radical (unpaired) electrons. The Labute approximate surface area is 117 Å². The van der Waals surface area contributed by atoms with Gasteiger partial charge in [-0.2, -0.15) is 0 Å². The van der Waals surface area contributed by atoms with Crippen molar-refractivity contribution in [1.82, 2.24) is 5.43 Å². The molecule has 0 aliphatic heterocycles. The number of hydrogen-bond acceptors (Lipinski definition) is 4. The second-order valence-corrected chi connectivity index (χ2v) is 4.26. The predicted molar refractivity (Wildman–Crippen MR) is 75.1 cm³/mol. The number of halogens is 1. The van der Waals surface area contributed by atoms with Gasteiger partial charge in [-0.25, -0.2) is 9.82 Å². The lowest BCUT2D eigenvalue weighted by atomic mass is 9.98. The number of benzene rings is 2. The molecule has 2 aromatic rings. The van der Waals surface area contributed by atoms with Crippen molar-refractivity contribution < 1.29 is 13.9 Å². The Balaban J connectivity index is 2.48. The molecular weight excluding hydrogens is 259 g/mol. The van der Waals surface area contributed by atoms with Gasteiger partial charge in [-0.1, -0.05) is 12.1 Å². The largest absolute Gasteiger partial charge is 0.497 e. The number of ether oxygens (including phenoxy) is 2. The molecule has 0 aliphatic carbocycles. The molecule has 0 heterocycles. The molecule has 0 saturated carbocycles. The molecule has 0 amide bonds.